The molecule has 206 valence electrons. The van der Waals surface area contributed by atoms with Crippen molar-refractivity contribution in [3.63, 3.8) is 0 Å². The predicted molar refractivity (Wildman–Crippen MR) is 152 cm³/mol. The van der Waals surface area contributed by atoms with Gasteiger partial charge in [0, 0.05) is 5.56 Å². The summed E-state index contributed by atoms with van der Waals surface area (Å²) in [4.78, 5) is 29.8. The SMILES string of the molecule is NCC(=O)O.NCCCC[C@H](N)C(=O)O.NCCc1ccccc1.O=Cc1ccc(-c2ccccc2)cc1. The van der Waals surface area contributed by atoms with E-state index in [-0.39, 0.29) is 6.54 Å². The van der Waals surface area contributed by atoms with Crippen LogP contribution in [0.15, 0.2) is 84.9 Å². The number of aliphatic carboxylic acids is 2. The first kappa shape index (κ1) is 34.1. The summed E-state index contributed by atoms with van der Waals surface area (Å²) in [6, 6.07) is 27.2. The molecule has 0 bridgehead atoms. The minimum atomic E-state index is -0.968. The van der Waals surface area contributed by atoms with Crippen LogP contribution in [0.3, 0.4) is 0 Å². The molecule has 0 saturated carbocycles. The maximum atomic E-state index is 10.5. The van der Waals surface area contributed by atoms with Gasteiger partial charge in [0.1, 0.15) is 12.3 Å². The van der Waals surface area contributed by atoms with Gasteiger partial charge in [-0.1, -0.05) is 91.3 Å². The van der Waals surface area contributed by atoms with Crippen molar-refractivity contribution in [1.29, 1.82) is 0 Å². The van der Waals surface area contributed by atoms with E-state index in [1.54, 1.807) is 0 Å². The Kier molecular flexibility index (Phi) is 20.0. The van der Waals surface area contributed by atoms with Crippen LogP contribution in [0.4, 0.5) is 0 Å². The van der Waals surface area contributed by atoms with Crippen LogP contribution in [0.1, 0.15) is 35.2 Å². The van der Waals surface area contributed by atoms with Crippen molar-refractivity contribution in [3.8, 4) is 11.1 Å². The second-order valence-corrected chi connectivity index (χ2v) is 7.96. The summed E-state index contributed by atoms with van der Waals surface area (Å²) < 4.78 is 0. The minimum absolute atomic E-state index is 0.278. The summed E-state index contributed by atoms with van der Waals surface area (Å²) in [6.07, 6.45) is 4.01. The average Bonchev–Trinajstić information content (AvgIpc) is 2.95. The van der Waals surface area contributed by atoms with Crippen molar-refractivity contribution >= 4 is 18.2 Å². The van der Waals surface area contributed by atoms with Gasteiger partial charge < -0.3 is 33.1 Å². The molecule has 0 amide bonds. The number of unbranched alkanes of at least 4 members (excludes halogenated alkanes) is 1. The molecular weight excluding hydrogens is 484 g/mol. The van der Waals surface area contributed by atoms with Gasteiger partial charge >= 0.3 is 11.9 Å². The fourth-order valence-electron chi connectivity index (χ4n) is 2.83. The largest absolute Gasteiger partial charge is 0.480 e. The molecule has 0 spiro atoms. The first-order valence-electron chi connectivity index (χ1n) is 12.2. The molecule has 0 aliphatic rings. The molecular formula is C29H40N4O5. The van der Waals surface area contributed by atoms with Gasteiger partial charge in [0.05, 0.1) is 6.54 Å². The zero-order valence-corrected chi connectivity index (χ0v) is 21.6. The summed E-state index contributed by atoms with van der Waals surface area (Å²) in [6.45, 7) is 1.07. The Morgan fingerprint density at radius 3 is 1.66 bits per heavy atom. The van der Waals surface area contributed by atoms with Crippen LogP contribution in [0.25, 0.3) is 11.1 Å². The topological polar surface area (TPSA) is 196 Å². The fraction of sp³-hybridized carbons (Fsp3) is 0.276. The number of aldehydes is 1. The van der Waals surface area contributed by atoms with Crippen LogP contribution < -0.4 is 22.9 Å². The van der Waals surface area contributed by atoms with Gasteiger partial charge in [-0.25, -0.2) is 0 Å². The van der Waals surface area contributed by atoms with Gasteiger partial charge in [-0.15, -0.1) is 0 Å². The van der Waals surface area contributed by atoms with Crippen LogP contribution in [0.2, 0.25) is 0 Å². The molecule has 0 saturated heterocycles. The van der Waals surface area contributed by atoms with E-state index in [0.29, 0.717) is 18.5 Å². The third kappa shape index (κ3) is 17.5. The van der Waals surface area contributed by atoms with E-state index in [9.17, 15) is 14.4 Å². The van der Waals surface area contributed by atoms with Gasteiger partial charge in [0.2, 0.25) is 0 Å². The quantitative estimate of drug-likeness (QED) is 0.171. The number of hydrogen-bond acceptors (Lipinski definition) is 7. The molecule has 3 aromatic carbocycles. The predicted octanol–water partition coefficient (Wildman–Crippen LogP) is 2.91. The normalized spacial score (nSPS) is 10.2. The Balaban J connectivity index is 0.000000510. The number of nitrogens with two attached hydrogens (primary N) is 4. The number of benzene rings is 3. The van der Waals surface area contributed by atoms with Crippen molar-refractivity contribution < 1.29 is 24.6 Å². The van der Waals surface area contributed by atoms with Gasteiger partial charge in [-0.3, -0.25) is 14.4 Å². The van der Waals surface area contributed by atoms with Gasteiger partial charge in [0.25, 0.3) is 0 Å². The van der Waals surface area contributed by atoms with E-state index in [0.717, 1.165) is 37.7 Å². The van der Waals surface area contributed by atoms with E-state index in [1.165, 1.54) is 11.1 Å². The molecule has 10 N–H and O–H groups in total. The van der Waals surface area contributed by atoms with Gasteiger partial charge in [-0.05, 0) is 49.0 Å². The summed E-state index contributed by atoms with van der Waals surface area (Å²) >= 11 is 0. The lowest BCUT2D eigenvalue weighted by atomic mass is 10.0. The number of carboxylic acid groups (broad SMARTS) is 2. The Bertz CT molecular complexity index is 1020. The van der Waals surface area contributed by atoms with E-state index in [4.69, 9.17) is 27.4 Å². The van der Waals surface area contributed by atoms with E-state index in [1.807, 2.05) is 60.7 Å². The number of carbonyl (C=O) groups is 3. The summed E-state index contributed by atoms with van der Waals surface area (Å²) in [5.41, 5.74) is 24.7. The first-order valence-corrected chi connectivity index (χ1v) is 12.2. The van der Waals surface area contributed by atoms with Crippen LogP contribution >= 0.6 is 0 Å². The van der Waals surface area contributed by atoms with Crippen molar-refractivity contribution in [2.45, 2.75) is 31.7 Å². The molecule has 9 heteroatoms. The van der Waals surface area contributed by atoms with Crippen molar-refractivity contribution in [3.05, 3.63) is 96.1 Å². The maximum absolute atomic E-state index is 10.5. The third-order valence-corrected chi connectivity index (χ3v) is 4.89. The number of rotatable bonds is 10. The highest BCUT2D eigenvalue weighted by Crippen LogP contribution is 2.18. The molecule has 0 unspecified atom stereocenters. The summed E-state index contributed by atoms with van der Waals surface area (Å²) in [5, 5.41) is 15.9. The Morgan fingerprint density at radius 2 is 1.24 bits per heavy atom. The molecule has 1 atom stereocenters. The lowest BCUT2D eigenvalue weighted by Gasteiger charge is -2.03. The molecule has 3 aromatic rings. The standard InChI is InChI=1S/C13H10O.C8H11N.C6H14N2O2.C2H5NO2/c14-10-11-6-8-13(9-7-11)12-4-2-1-3-5-12;9-7-6-8-4-2-1-3-5-8;7-4-2-1-3-5(8)6(9)10;3-1-2(4)5/h1-10H;1-5H,6-7,9H2;5H,1-4,7-8H2,(H,9,10);1,3H2,(H,4,5)/t;;5-;/m..0./s1. The first-order chi connectivity index (χ1) is 18.3. The molecule has 0 aromatic heterocycles. The Morgan fingerprint density at radius 1 is 0.737 bits per heavy atom. The maximum Gasteiger partial charge on any atom is 0.320 e. The summed E-state index contributed by atoms with van der Waals surface area (Å²) in [7, 11) is 0. The Labute approximate surface area is 224 Å². The highest BCUT2D eigenvalue weighted by molar-refractivity contribution is 5.76. The number of carbonyl (C=O) groups excluding carboxylic acids is 1. The van der Waals surface area contributed by atoms with Gasteiger partial charge in [0.15, 0.2) is 0 Å². The van der Waals surface area contributed by atoms with Crippen molar-refractivity contribution in [2.75, 3.05) is 19.6 Å². The third-order valence-electron chi connectivity index (χ3n) is 4.89. The van der Waals surface area contributed by atoms with Gasteiger partial charge in [-0.2, -0.15) is 0 Å². The smallest absolute Gasteiger partial charge is 0.320 e. The molecule has 3 rings (SSSR count). The summed E-state index contributed by atoms with van der Waals surface area (Å²) in [5.74, 6) is -1.90. The van der Waals surface area contributed by atoms with Crippen LogP contribution in [0.5, 0.6) is 0 Å². The van der Waals surface area contributed by atoms with E-state index in [2.05, 4.69) is 30.0 Å². The monoisotopic (exact) mass is 524 g/mol. The van der Waals surface area contributed by atoms with Crippen LogP contribution in [-0.4, -0.2) is 54.1 Å². The molecule has 38 heavy (non-hydrogen) atoms. The van der Waals surface area contributed by atoms with Crippen molar-refractivity contribution in [2.24, 2.45) is 22.9 Å². The van der Waals surface area contributed by atoms with Crippen LogP contribution in [0, 0.1) is 0 Å². The van der Waals surface area contributed by atoms with Crippen molar-refractivity contribution in [1.82, 2.24) is 0 Å². The van der Waals surface area contributed by atoms with Crippen LogP contribution in [-0.2, 0) is 16.0 Å². The zero-order chi connectivity index (χ0) is 28.6. The average molecular weight is 525 g/mol. The molecule has 9 nitrogen and oxygen atoms in total. The lowest BCUT2D eigenvalue weighted by Crippen LogP contribution is -2.29. The molecule has 0 aliphatic carbocycles. The number of hydrogen-bond donors (Lipinski definition) is 6. The number of carboxylic acids is 2. The second-order valence-electron chi connectivity index (χ2n) is 7.96. The minimum Gasteiger partial charge on any atom is -0.480 e. The highest BCUT2D eigenvalue weighted by atomic mass is 16.4. The fourth-order valence-corrected chi connectivity index (χ4v) is 2.83. The molecule has 0 heterocycles. The Hall–Kier alpha value is -3.89. The second kappa shape index (κ2) is 22.3. The molecule has 0 aliphatic heterocycles. The molecule has 0 fully saturated rings. The molecule has 0 radical (unpaired) electrons. The highest BCUT2D eigenvalue weighted by Gasteiger charge is 2.09. The van der Waals surface area contributed by atoms with E-state index >= 15 is 0 Å². The lowest BCUT2D eigenvalue weighted by molar-refractivity contribution is -0.138. The van der Waals surface area contributed by atoms with E-state index < -0.39 is 18.0 Å². The zero-order valence-electron chi connectivity index (χ0n) is 21.6.